The number of aromatic nitrogens is 4. The molecule has 0 aliphatic carbocycles. The zero-order chi connectivity index (χ0) is 13.0. The van der Waals surface area contributed by atoms with Gasteiger partial charge < -0.3 is 10.5 Å². The van der Waals surface area contributed by atoms with Crippen molar-refractivity contribution in [3.63, 3.8) is 0 Å². The van der Waals surface area contributed by atoms with E-state index in [1.807, 2.05) is 10.6 Å². The Morgan fingerprint density at radius 3 is 3.11 bits per heavy atom. The molecule has 2 rings (SSSR count). The third-order valence-electron chi connectivity index (χ3n) is 2.15. The molecule has 0 unspecified atom stereocenters. The van der Waals surface area contributed by atoms with Crippen LogP contribution >= 0.6 is 23.3 Å². The smallest absolute Gasteiger partial charge is 0.225 e. The molecule has 8 heteroatoms. The van der Waals surface area contributed by atoms with Gasteiger partial charge in [0.15, 0.2) is 5.16 Å². The van der Waals surface area contributed by atoms with Gasteiger partial charge in [0, 0.05) is 23.2 Å². The van der Waals surface area contributed by atoms with Crippen molar-refractivity contribution < 1.29 is 4.74 Å². The summed E-state index contributed by atoms with van der Waals surface area (Å²) in [6.07, 6.45) is 1.76. The van der Waals surface area contributed by atoms with Crippen molar-refractivity contribution in [2.24, 2.45) is 0 Å². The monoisotopic (exact) mass is 283 g/mol. The number of rotatable bonds is 6. The van der Waals surface area contributed by atoms with E-state index in [9.17, 15) is 0 Å². The Kier molecular flexibility index (Phi) is 4.21. The molecule has 18 heavy (non-hydrogen) atoms. The van der Waals surface area contributed by atoms with E-state index < -0.39 is 0 Å². The molecule has 6 nitrogen and oxygen atoms in total. The normalized spacial score (nSPS) is 10.5. The van der Waals surface area contributed by atoms with Gasteiger partial charge in [-0.25, -0.2) is 0 Å². The number of nitrogens with two attached hydrogens (primary N) is 1. The average Bonchev–Trinajstić information content (AvgIpc) is 2.96. The number of hydrogen-bond acceptors (Lipinski definition) is 7. The Morgan fingerprint density at radius 2 is 2.44 bits per heavy atom. The number of ether oxygens (including phenoxy) is 1. The number of thioether (sulfide) groups is 1. The summed E-state index contributed by atoms with van der Waals surface area (Å²) in [7, 11) is 1.60. The maximum absolute atomic E-state index is 5.72. The van der Waals surface area contributed by atoms with Crippen LogP contribution in [0.25, 0.3) is 0 Å². The van der Waals surface area contributed by atoms with Crippen LogP contribution in [0, 0.1) is 0 Å². The van der Waals surface area contributed by atoms with E-state index >= 15 is 0 Å². The molecule has 2 aromatic heterocycles. The van der Waals surface area contributed by atoms with Crippen LogP contribution in [0.3, 0.4) is 0 Å². The number of nitrogens with zero attached hydrogens (tertiary/aromatic N) is 4. The third-order valence-corrected chi connectivity index (χ3v) is 4.11. The van der Waals surface area contributed by atoms with Crippen molar-refractivity contribution in [3.05, 3.63) is 23.6 Å². The van der Waals surface area contributed by atoms with Crippen molar-refractivity contribution in [2.45, 2.75) is 17.5 Å². The number of anilines is 1. The van der Waals surface area contributed by atoms with Crippen LogP contribution in [0.4, 0.5) is 5.95 Å². The summed E-state index contributed by atoms with van der Waals surface area (Å²) in [5, 5.41) is 8.66. The second kappa shape index (κ2) is 5.87. The Balaban J connectivity index is 2.03. The summed E-state index contributed by atoms with van der Waals surface area (Å²) in [5.41, 5.74) is 5.72. The lowest BCUT2D eigenvalue weighted by Crippen LogP contribution is -2.02. The highest BCUT2D eigenvalue weighted by molar-refractivity contribution is 7.98. The Hall–Kier alpha value is -1.54. The summed E-state index contributed by atoms with van der Waals surface area (Å²) in [5.74, 6) is 1.80. The molecule has 0 bridgehead atoms. The largest absolute Gasteiger partial charge is 0.480 e. The fourth-order valence-corrected chi connectivity index (χ4v) is 2.95. The summed E-state index contributed by atoms with van der Waals surface area (Å²) in [6.45, 7) is 4.29. The van der Waals surface area contributed by atoms with Gasteiger partial charge in [-0.05, 0) is 11.5 Å². The maximum Gasteiger partial charge on any atom is 0.225 e. The number of allylic oxidation sites excluding steroid dienone is 1. The Labute approximate surface area is 113 Å². The molecule has 96 valence electrons. The second-order valence-corrected chi connectivity index (χ2v) is 5.20. The van der Waals surface area contributed by atoms with Crippen LogP contribution in [0.5, 0.6) is 5.88 Å². The van der Waals surface area contributed by atoms with E-state index in [4.69, 9.17) is 10.5 Å². The van der Waals surface area contributed by atoms with Gasteiger partial charge in [0.1, 0.15) is 0 Å². The van der Waals surface area contributed by atoms with Crippen LogP contribution in [-0.4, -0.2) is 26.2 Å². The molecular formula is C10H13N5OS2. The van der Waals surface area contributed by atoms with Crippen LogP contribution in [0.15, 0.2) is 23.9 Å². The fourth-order valence-electron chi connectivity index (χ4n) is 1.30. The summed E-state index contributed by atoms with van der Waals surface area (Å²) in [6, 6.07) is 1.91. The number of methoxy groups -OCH3 is 1. The van der Waals surface area contributed by atoms with Crippen LogP contribution in [0.2, 0.25) is 0 Å². The van der Waals surface area contributed by atoms with E-state index in [0.29, 0.717) is 18.4 Å². The minimum Gasteiger partial charge on any atom is -0.480 e. The van der Waals surface area contributed by atoms with Crippen LogP contribution < -0.4 is 10.5 Å². The van der Waals surface area contributed by atoms with Crippen molar-refractivity contribution in [1.29, 1.82) is 0 Å². The van der Waals surface area contributed by atoms with Gasteiger partial charge >= 0.3 is 0 Å². The zero-order valence-electron chi connectivity index (χ0n) is 9.87. The number of nitrogen functional groups attached to an aromatic ring is 1. The van der Waals surface area contributed by atoms with E-state index in [-0.39, 0.29) is 0 Å². The maximum atomic E-state index is 5.72. The fraction of sp³-hybridized carbons (Fsp3) is 0.300. The molecule has 0 saturated heterocycles. The topological polar surface area (TPSA) is 78.9 Å². The quantitative estimate of drug-likeness (QED) is 0.643. The van der Waals surface area contributed by atoms with Gasteiger partial charge in [-0.3, -0.25) is 4.57 Å². The summed E-state index contributed by atoms with van der Waals surface area (Å²) in [4.78, 5) is 1.11. The molecule has 0 spiro atoms. The standard InChI is InChI=1S/C10H13N5OS2/c1-3-4-15-9(11)12-13-10(15)17-6-7-5-8(16-2)14-18-7/h3,5H,1,4,6H2,2H3,(H2,11,12). The zero-order valence-corrected chi connectivity index (χ0v) is 11.5. The predicted molar refractivity (Wildman–Crippen MR) is 72.9 cm³/mol. The minimum atomic E-state index is 0.402. The first-order valence-electron chi connectivity index (χ1n) is 5.16. The second-order valence-electron chi connectivity index (χ2n) is 3.36. The van der Waals surface area contributed by atoms with E-state index in [0.717, 1.165) is 15.8 Å². The molecule has 0 fully saturated rings. The highest BCUT2D eigenvalue weighted by Gasteiger charge is 2.10. The molecule has 0 aromatic carbocycles. The van der Waals surface area contributed by atoms with Gasteiger partial charge in [-0.15, -0.1) is 16.8 Å². The lowest BCUT2D eigenvalue weighted by molar-refractivity contribution is 0.402. The third kappa shape index (κ3) is 2.82. The minimum absolute atomic E-state index is 0.402. The SMILES string of the molecule is C=CCn1c(N)nnc1SCc1cc(OC)ns1. The molecule has 2 N–H and O–H groups in total. The van der Waals surface area contributed by atoms with Gasteiger partial charge in [0.05, 0.1) is 7.11 Å². The van der Waals surface area contributed by atoms with E-state index in [1.165, 1.54) is 11.5 Å². The van der Waals surface area contributed by atoms with Crippen molar-refractivity contribution in [2.75, 3.05) is 12.8 Å². The summed E-state index contributed by atoms with van der Waals surface area (Å²) >= 11 is 2.98. The molecule has 0 saturated carbocycles. The lowest BCUT2D eigenvalue weighted by atomic mass is 10.5. The molecule has 2 heterocycles. The Bertz CT molecular complexity index is 536. The first-order valence-corrected chi connectivity index (χ1v) is 6.92. The lowest BCUT2D eigenvalue weighted by Gasteiger charge is -2.03. The van der Waals surface area contributed by atoms with Crippen LogP contribution in [-0.2, 0) is 12.3 Å². The van der Waals surface area contributed by atoms with Crippen molar-refractivity contribution in [3.8, 4) is 5.88 Å². The molecule has 0 aliphatic heterocycles. The molecule has 2 aromatic rings. The molecular weight excluding hydrogens is 270 g/mol. The van der Waals surface area contributed by atoms with Gasteiger partial charge in [-0.2, -0.15) is 4.37 Å². The molecule has 0 atom stereocenters. The van der Waals surface area contributed by atoms with Crippen LogP contribution in [0.1, 0.15) is 4.88 Å². The van der Waals surface area contributed by atoms with Gasteiger partial charge in [0.2, 0.25) is 11.8 Å². The highest BCUT2D eigenvalue weighted by atomic mass is 32.2. The Morgan fingerprint density at radius 1 is 1.61 bits per heavy atom. The molecule has 0 radical (unpaired) electrons. The van der Waals surface area contributed by atoms with Gasteiger partial charge in [0.25, 0.3) is 0 Å². The average molecular weight is 283 g/mol. The van der Waals surface area contributed by atoms with Crippen molar-refractivity contribution >= 4 is 29.2 Å². The molecule has 0 aliphatic rings. The first-order chi connectivity index (χ1) is 8.74. The van der Waals surface area contributed by atoms with E-state index in [1.54, 1.807) is 24.9 Å². The van der Waals surface area contributed by atoms with E-state index in [2.05, 4.69) is 21.1 Å². The summed E-state index contributed by atoms with van der Waals surface area (Å²) < 4.78 is 11.0. The van der Waals surface area contributed by atoms with Crippen molar-refractivity contribution in [1.82, 2.24) is 19.1 Å². The predicted octanol–water partition coefficient (Wildman–Crippen LogP) is 1.80. The molecule has 0 amide bonds. The first kappa shape index (κ1) is 12.9. The number of hydrogen-bond donors (Lipinski definition) is 1. The highest BCUT2D eigenvalue weighted by Crippen LogP contribution is 2.26. The van der Waals surface area contributed by atoms with Gasteiger partial charge in [-0.1, -0.05) is 17.8 Å².